The van der Waals surface area contributed by atoms with Gasteiger partial charge in [0.25, 0.3) is 0 Å². The van der Waals surface area contributed by atoms with Gasteiger partial charge in [-0.15, -0.1) is 12.6 Å². The smallest absolute Gasteiger partial charge is 0.131 e. The average Bonchev–Trinajstić information content (AvgIpc) is 2.65. The van der Waals surface area contributed by atoms with Gasteiger partial charge in [0.05, 0.1) is 6.04 Å². The molecule has 0 fully saturated rings. The Bertz CT molecular complexity index is 982. The van der Waals surface area contributed by atoms with Crippen LogP contribution in [0.25, 0.3) is 21.5 Å². The Labute approximate surface area is 158 Å². The highest BCUT2D eigenvalue weighted by Gasteiger charge is 2.19. The molecule has 0 saturated carbocycles. The van der Waals surface area contributed by atoms with Crippen molar-refractivity contribution < 1.29 is 0 Å². The molecular weight excluding hydrogens is 342 g/mol. The maximum Gasteiger partial charge on any atom is 0.131 e. The summed E-state index contributed by atoms with van der Waals surface area (Å²) in [6.07, 6.45) is 0. The van der Waals surface area contributed by atoms with Gasteiger partial charge in [-0.3, -0.25) is 0 Å². The zero-order valence-electron chi connectivity index (χ0n) is 13.5. The lowest BCUT2D eigenvalue weighted by molar-refractivity contribution is 0.791. The van der Waals surface area contributed by atoms with Crippen molar-refractivity contribution in [3.8, 4) is 0 Å². The van der Waals surface area contributed by atoms with Crippen molar-refractivity contribution in [2.75, 3.05) is 0 Å². The van der Waals surface area contributed by atoms with Crippen LogP contribution in [0, 0.1) is 0 Å². The summed E-state index contributed by atoms with van der Waals surface area (Å²) < 4.78 is 0.492. The molecule has 4 rings (SSSR count). The van der Waals surface area contributed by atoms with E-state index >= 15 is 0 Å². The van der Waals surface area contributed by atoms with Gasteiger partial charge in [-0.25, -0.2) is 0 Å². The maximum absolute atomic E-state index is 5.27. The Morgan fingerprint density at radius 1 is 0.680 bits per heavy atom. The third-order valence-electron chi connectivity index (χ3n) is 4.54. The van der Waals surface area contributed by atoms with Gasteiger partial charge in [0.2, 0.25) is 0 Å². The molecule has 0 bridgehead atoms. The second kappa shape index (κ2) is 6.87. The number of benzene rings is 4. The van der Waals surface area contributed by atoms with E-state index in [9.17, 15) is 0 Å². The molecule has 0 aliphatic carbocycles. The Balaban J connectivity index is 1.98. The molecule has 0 heterocycles. The third-order valence-corrected chi connectivity index (χ3v) is 4.78. The largest absolute Gasteiger partial charge is 0.360 e. The van der Waals surface area contributed by atoms with Crippen LogP contribution >= 0.6 is 24.8 Å². The highest BCUT2D eigenvalue weighted by molar-refractivity contribution is 8.11. The molecule has 1 nitrogen and oxygen atoms in total. The monoisotopic (exact) mass is 359 g/mol. The molecule has 0 spiro atoms. The van der Waals surface area contributed by atoms with Crippen LogP contribution in [0.5, 0.6) is 0 Å². The van der Waals surface area contributed by atoms with Crippen LogP contribution in [-0.4, -0.2) is 4.32 Å². The van der Waals surface area contributed by atoms with Crippen LogP contribution in [0.1, 0.15) is 17.2 Å². The Kier molecular flexibility index (Phi) is 4.43. The first kappa shape index (κ1) is 16.1. The molecule has 122 valence electrons. The first-order chi connectivity index (χ1) is 12.2. The van der Waals surface area contributed by atoms with Crippen LogP contribution in [0.3, 0.4) is 0 Å². The summed E-state index contributed by atoms with van der Waals surface area (Å²) in [6, 6.07) is 29.6. The molecule has 4 aromatic carbocycles. The van der Waals surface area contributed by atoms with E-state index in [2.05, 4.69) is 103 Å². The van der Waals surface area contributed by atoms with Crippen molar-refractivity contribution in [2.24, 2.45) is 0 Å². The summed E-state index contributed by atoms with van der Waals surface area (Å²) in [5, 5.41) is 8.28. The van der Waals surface area contributed by atoms with Crippen LogP contribution in [0.2, 0.25) is 0 Å². The molecule has 25 heavy (non-hydrogen) atoms. The summed E-state index contributed by atoms with van der Waals surface area (Å²) in [6.45, 7) is 0. The Morgan fingerprint density at radius 3 is 1.60 bits per heavy atom. The molecule has 0 aliphatic rings. The van der Waals surface area contributed by atoms with E-state index < -0.39 is 0 Å². The number of fused-ring (bicyclic) bond motifs is 2. The van der Waals surface area contributed by atoms with Crippen molar-refractivity contribution >= 4 is 50.7 Å². The van der Waals surface area contributed by atoms with E-state index in [0.29, 0.717) is 4.32 Å². The minimum Gasteiger partial charge on any atom is -0.360 e. The number of nitrogens with one attached hydrogen (secondary N) is 1. The summed E-state index contributed by atoms with van der Waals surface area (Å²) in [4.78, 5) is 0. The van der Waals surface area contributed by atoms with Gasteiger partial charge in [-0.05, 0) is 32.7 Å². The van der Waals surface area contributed by atoms with Gasteiger partial charge in [0, 0.05) is 0 Å². The predicted molar refractivity (Wildman–Crippen MR) is 114 cm³/mol. The van der Waals surface area contributed by atoms with Crippen LogP contribution in [0.15, 0.2) is 84.9 Å². The lowest BCUT2D eigenvalue weighted by Gasteiger charge is -2.23. The first-order valence-electron chi connectivity index (χ1n) is 8.19. The quantitative estimate of drug-likeness (QED) is 0.350. The van der Waals surface area contributed by atoms with Crippen molar-refractivity contribution in [2.45, 2.75) is 6.04 Å². The SMILES string of the molecule is S=C(S)NC(c1cccc2ccccc12)c1cccc2ccccc12. The highest BCUT2D eigenvalue weighted by Crippen LogP contribution is 2.33. The van der Waals surface area contributed by atoms with Crippen molar-refractivity contribution in [1.29, 1.82) is 0 Å². The number of hydrogen-bond acceptors (Lipinski definition) is 1. The third kappa shape index (κ3) is 3.13. The van der Waals surface area contributed by atoms with E-state index in [1.807, 2.05) is 0 Å². The standard InChI is InChI=1S/C22H17NS2/c24-22(25)23-21(19-13-5-9-15-7-1-3-11-17(15)19)20-14-6-10-16-8-2-4-12-18(16)20/h1-14,21H,(H2,23,24,25). The molecular formula is C22H17NS2. The van der Waals surface area contributed by atoms with Gasteiger partial charge in [0.1, 0.15) is 4.32 Å². The zero-order valence-corrected chi connectivity index (χ0v) is 15.2. The Morgan fingerprint density at radius 2 is 1.12 bits per heavy atom. The maximum atomic E-state index is 5.27. The second-order valence-electron chi connectivity index (χ2n) is 6.02. The highest BCUT2D eigenvalue weighted by atomic mass is 32.1. The predicted octanol–water partition coefficient (Wildman–Crippen LogP) is 5.89. The molecule has 4 aromatic rings. The molecule has 0 unspecified atom stereocenters. The molecule has 0 radical (unpaired) electrons. The molecule has 3 heteroatoms. The molecule has 0 amide bonds. The van der Waals surface area contributed by atoms with Crippen molar-refractivity contribution in [3.63, 3.8) is 0 Å². The van der Waals surface area contributed by atoms with Gasteiger partial charge in [-0.1, -0.05) is 97.1 Å². The molecule has 0 aromatic heterocycles. The fourth-order valence-electron chi connectivity index (χ4n) is 3.45. The van der Waals surface area contributed by atoms with Gasteiger partial charge in [0.15, 0.2) is 0 Å². The molecule has 0 aliphatic heterocycles. The first-order valence-corrected chi connectivity index (χ1v) is 9.04. The summed E-state index contributed by atoms with van der Waals surface area (Å²) in [5.74, 6) is 0. The van der Waals surface area contributed by atoms with Crippen molar-refractivity contribution in [3.05, 3.63) is 96.1 Å². The summed E-state index contributed by atoms with van der Waals surface area (Å²) >= 11 is 9.62. The van der Waals surface area contributed by atoms with Crippen molar-refractivity contribution in [1.82, 2.24) is 5.32 Å². The number of thiol groups is 1. The normalized spacial score (nSPS) is 11.1. The summed E-state index contributed by atoms with van der Waals surface area (Å²) in [7, 11) is 0. The second-order valence-corrected chi connectivity index (χ2v) is 7.18. The Hall–Kier alpha value is -2.36. The van der Waals surface area contributed by atoms with E-state index in [4.69, 9.17) is 12.2 Å². The summed E-state index contributed by atoms with van der Waals surface area (Å²) in [5.41, 5.74) is 2.40. The zero-order chi connectivity index (χ0) is 17.2. The van der Waals surface area contributed by atoms with Crippen LogP contribution in [0.4, 0.5) is 0 Å². The number of rotatable bonds is 3. The molecule has 0 saturated heterocycles. The fraction of sp³-hybridized carbons (Fsp3) is 0.0455. The van der Waals surface area contributed by atoms with E-state index in [0.717, 1.165) is 0 Å². The molecule has 1 N–H and O–H groups in total. The minimum atomic E-state index is -0.0535. The van der Waals surface area contributed by atoms with Gasteiger partial charge < -0.3 is 5.32 Å². The fourth-order valence-corrected chi connectivity index (χ4v) is 3.70. The van der Waals surface area contributed by atoms with Gasteiger partial charge >= 0.3 is 0 Å². The van der Waals surface area contributed by atoms with E-state index in [-0.39, 0.29) is 6.04 Å². The average molecular weight is 360 g/mol. The van der Waals surface area contributed by atoms with Gasteiger partial charge in [-0.2, -0.15) is 0 Å². The van der Waals surface area contributed by atoms with E-state index in [1.165, 1.54) is 32.7 Å². The molecule has 0 atom stereocenters. The topological polar surface area (TPSA) is 12.0 Å². The lowest BCUT2D eigenvalue weighted by Crippen LogP contribution is -2.25. The van der Waals surface area contributed by atoms with E-state index in [1.54, 1.807) is 0 Å². The van der Waals surface area contributed by atoms with Crippen LogP contribution in [-0.2, 0) is 0 Å². The number of thiocarbonyl (C=S) groups is 1. The minimum absolute atomic E-state index is 0.0535. The van der Waals surface area contributed by atoms with Crippen LogP contribution < -0.4 is 5.32 Å². The number of hydrogen-bond donors (Lipinski definition) is 2. The lowest BCUT2D eigenvalue weighted by atomic mass is 9.91.